The van der Waals surface area contributed by atoms with Gasteiger partial charge >= 0.3 is 0 Å². The number of amides is 2. The highest BCUT2D eigenvalue weighted by Gasteiger charge is 2.41. The minimum atomic E-state index is -0.379. The van der Waals surface area contributed by atoms with E-state index in [0.717, 1.165) is 11.1 Å². The maximum absolute atomic E-state index is 13.1. The van der Waals surface area contributed by atoms with Gasteiger partial charge in [-0.3, -0.25) is 14.5 Å². The molecule has 0 spiro atoms. The average Bonchev–Trinajstić information content (AvgIpc) is 3.20. The van der Waals surface area contributed by atoms with Gasteiger partial charge in [-0.15, -0.1) is 0 Å². The van der Waals surface area contributed by atoms with Gasteiger partial charge in [0.1, 0.15) is 11.5 Å². The van der Waals surface area contributed by atoms with E-state index in [0.29, 0.717) is 22.6 Å². The third-order valence-corrected chi connectivity index (χ3v) is 4.65. The van der Waals surface area contributed by atoms with Gasteiger partial charge in [-0.05, 0) is 42.7 Å². The van der Waals surface area contributed by atoms with Crippen LogP contribution in [0, 0.1) is 13.8 Å². The highest BCUT2D eigenvalue weighted by atomic mass is 16.3. The van der Waals surface area contributed by atoms with Crippen molar-refractivity contribution in [3.8, 4) is 0 Å². The lowest BCUT2D eigenvalue weighted by Gasteiger charge is -2.20. The second-order valence-electron chi connectivity index (χ2n) is 6.44. The largest absolute Gasteiger partial charge is 0.467 e. The predicted octanol–water partition coefficient (Wildman–Crippen LogP) is 2.10. The van der Waals surface area contributed by atoms with E-state index in [-0.39, 0.29) is 31.5 Å². The number of aryl methyl sites for hydroxylation is 2. The lowest BCUT2D eigenvalue weighted by molar-refractivity contribution is -0.138. The molecule has 0 bridgehead atoms. The highest BCUT2D eigenvalue weighted by Crippen LogP contribution is 2.32. The van der Waals surface area contributed by atoms with Crippen LogP contribution in [0.15, 0.2) is 46.7 Å². The summed E-state index contributed by atoms with van der Waals surface area (Å²) >= 11 is 0. The lowest BCUT2D eigenvalue weighted by Crippen LogP contribution is -2.34. The molecular formula is C20H22N2O4. The fourth-order valence-corrected chi connectivity index (χ4v) is 3.04. The molecule has 0 unspecified atom stereocenters. The van der Waals surface area contributed by atoms with E-state index in [1.54, 1.807) is 24.1 Å². The molecule has 1 N–H and O–H groups in total. The number of aliphatic hydroxyl groups is 1. The molecule has 2 heterocycles. The fraction of sp³-hybridized carbons (Fsp3) is 0.300. The molecule has 2 aromatic rings. The molecule has 136 valence electrons. The Balaban J connectivity index is 2.06. The Morgan fingerprint density at radius 2 is 1.88 bits per heavy atom. The molecule has 3 rings (SSSR count). The second kappa shape index (κ2) is 7.17. The normalized spacial score (nSPS) is 14.5. The van der Waals surface area contributed by atoms with Crippen LogP contribution in [0.1, 0.15) is 22.5 Å². The number of benzene rings is 1. The molecular weight excluding hydrogens is 332 g/mol. The van der Waals surface area contributed by atoms with Gasteiger partial charge in [-0.1, -0.05) is 18.2 Å². The van der Waals surface area contributed by atoms with E-state index in [4.69, 9.17) is 4.42 Å². The SMILES string of the molecule is Cc1ccc(C2=C(N(C)CCO)C(=O)N(Cc3ccco3)C2=O)cc1C. The van der Waals surface area contributed by atoms with E-state index in [2.05, 4.69) is 0 Å². The molecule has 2 amide bonds. The number of furan rings is 1. The summed E-state index contributed by atoms with van der Waals surface area (Å²) in [6.07, 6.45) is 1.51. The van der Waals surface area contributed by atoms with Crippen LogP contribution in [0.25, 0.3) is 5.57 Å². The Kier molecular flexibility index (Phi) is 4.95. The summed E-state index contributed by atoms with van der Waals surface area (Å²) in [5.74, 6) is -0.192. The molecule has 1 aromatic carbocycles. The predicted molar refractivity (Wildman–Crippen MR) is 96.8 cm³/mol. The number of imide groups is 1. The first-order valence-corrected chi connectivity index (χ1v) is 8.46. The van der Waals surface area contributed by atoms with Crippen LogP contribution in [0.5, 0.6) is 0 Å². The number of rotatable bonds is 6. The van der Waals surface area contributed by atoms with Gasteiger partial charge in [0.2, 0.25) is 0 Å². The van der Waals surface area contributed by atoms with Crippen LogP contribution in [-0.2, 0) is 16.1 Å². The van der Waals surface area contributed by atoms with Gasteiger partial charge in [-0.25, -0.2) is 0 Å². The standard InChI is InChI=1S/C20H22N2O4/c1-13-6-7-15(11-14(13)2)17-18(21(3)8-9-23)20(25)22(19(17)24)12-16-5-4-10-26-16/h4-7,10-11,23H,8-9,12H2,1-3H3. The number of nitrogens with zero attached hydrogens (tertiary/aromatic N) is 2. The van der Waals surface area contributed by atoms with Gasteiger partial charge in [-0.2, -0.15) is 0 Å². The summed E-state index contributed by atoms with van der Waals surface area (Å²) < 4.78 is 5.29. The van der Waals surface area contributed by atoms with E-state index in [1.807, 2.05) is 32.0 Å². The van der Waals surface area contributed by atoms with Crippen molar-refractivity contribution >= 4 is 17.4 Å². The number of hydrogen-bond acceptors (Lipinski definition) is 5. The molecule has 0 saturated heterocycles. The Morgan fingerprint density at radius 3 is 2.50 bits per heavy atom. The van der Waals surface area contributed by atoms with Crippen molar-refractivity contribution in [3.05, 3.63) is 64.7 Å². The number of carbonyl (C=O) groups excluding carboxylic acids is 2. The third kappa shape index (κ3) is 3.15. The van der Waals surface area contributed by atoms with Gasteiger partial charge in [0.05, 0.1) is 25.0 Å². The molecule has 0 fully saturated rings. The molecule has 0 aliphatic carbocycles. The summed E-state index contributed by atoms with van der Waals surface area (Å²) in [5.41, 5.74) is 3.53. The zero-order chi connectivity index (χ0) is 18.8. The third-order valence-electron chi connectivity index (χ3n) is 4.65. The van der Waals surface area contributed by atoms with Gasteiger partial charge in [0.15, 0.2) is 0 Å². The van der Waals surface area contributed by atoms with E-state index < -0.39 is 0 Å². The van der Waals surface area contributed by atoms with E-state index in [1.165, 1.54) is 11.2 Å². The fourth-order valence-electron chi connectivity index (χ4n) is 3.04. The van der Waals surface area contributed by atoms with Gasteiger partial charge in [0, 0.05) is 13.6 Å². The number of carbonyl (C=O) groups is 2. The highest BCUT2D eigenvalue weighted by molar-refractivity contribution is 6.35. The second-order valence-corrected chi connectivity index (χ2v) is 6.44. The summed E-state index contributed by atoms with van der Waals surface area (Å²) in [7, 11) is 1.70. The number of hydrogen-bond donors (Lipinski definition) is 1. The van der Waals surface area contributed by atoms with Crippen molar-refractivity contribution in [1.29, 1.82) is 0 Å². The maximum Gasteiger partial charge on any atom is 0.278 e. The smallest absolute Gasteiger partial charge is 0.278 e. The van der Waals surface area contributed by atoms with Crippen LogP contribution in [-0.4, -0.2) is 46.9 Å². The molecule has 26 heavy (non-hydrogen) atoms. The average molecular weight is 354 g/mol. The topological polar surface area (TPSA) is 74.0 Å². The first kappa shape index (κ1) is 17.9. The molecule has 0 atom stereocenters. The van der Waals surface area contributed by atoms with Crippen molar-refractivity contribution in [2.24, 2.45) is 0 Å². The van der Waals surface area contributed by atoms with Crippen LogP contribution >= 0.6 is 0 Å². The Morgan fingerprint density at radius 1 is 1.12 bits per heavy atom. The first-order chi connectivity index (χ1) is 12.4. The number of likely N-dealkylation sites (N-methyl/N-ethyl adjacent to an activating group) is 1. The Labute approximate surface area is 152 Å². The Hall–Kier alpha value is -2.86. The van der Waals surface area contributed by atoms with Crippen molar-refractivity contribution in [2.45, 2.75) is 20.4 Å². The summed E-state index contributed by atoms with van der Waals surface area (Å²) in [6, 6.07) is 9.15. The van der Waals surface area contributed by atoms with Crippen LogP contribution in [0.2, 0.25) is 0 Å². The van der Waals surface area contributed by atoms with Crippen LogP contribution < -0.4 is 0 Å². The van der Waals surface area contributed by atoms with Gasteiger partial charge < -0.3 is 14.4 Å². The lowest BCUT2D eigenvalue weighted by atomic mass is 9.99. The Bertz CT molecular complexity index is 868. The van der Waals surface area contributed by atoms with Crippen molar-refractivity contribution in [1.82, 2.24) is 9.80 Å². The molecule has 1 aromatic heterocycles. The summed E-state index contributed by atoms with van der Waals surface area (Å²) in [6.45, 7) is 4.20. The molecule has 0 saturated carbocycles. The monoisotopic (exact) mass is 354 g/mol. The molecule has 1 aliphatic rings. The maximum atomic E-state index is 13.1. The first-order valence-electron chi connectivity index (χ1n) is 8.46. The van der Waals surface area contributed by atoms with Crippen LogP contribution in [0.4, 0.5) is 0 Å². The minimum Gasteiger partial charge on any atom is -0.467 e. The molecule has 6 heteroatoms. The van der Waals surface area contributed by atoms with E-state index in [9.17, 15) is 14.7 Å². The number of aliphatic hydroxyl groups excluding tert-OH is 1. The molecule has 1 aliphatic heterocycles. The van der Waals surface area contributed by atoms with Crippen LogP contribution in [0.3, 0.4) is 0 Å². The van der Waals surface area contributed by atoms with Crippen molar-refractivity contribution in [3.63, 3.8) is 0 Å². The quantitative estimate of drug-likeness (QED) is 0.804. The van der Waals surface area contributed by atoms with Gasteiger partial charge in [0.25, 0.3) is 11.8 Å². The van der Waals surface area contributed by atoms with E-state index >= 15 is 0 Å². The zero-order valence-electron chi connectivity index (χ0n) is 15.2. The summed E-state index contributed by atoms with van der Waals surface area (Å²) in [5, 5.41) is 9.27. The zero-order valence-corrected chi connectivity index (χ0v) is 15.2. The minimum absolute atomic E-state index is 0.0788. The van der Waals surface area contributed by atoms with Crippen molar-refractivity contribution in [2.75, 3.05) is 20.2 Å². The molecule has 0 radical (unpaired) electrons. The molecule has 6 nitrogen and oxygen atoms in total. The van der Waals surface area contributed by atoms with Crippen molar-refractivity contribution < 1.29 is 19.1 Å². The summed E-state index contributed by atoms with van der Waals surface area (Å²) in [4.78, 5) is 28.9.